The van der Waals surface area contributed by atoms with E-state index in [2.05, 4.69) is 5.32 Å². The van der Waals surface area contributed by atoms with Crippen molar-refractivity contribution in [3.05, 3.63) is 29.3 Å². The molecular formula is C13H19N3O2S. The van der Waals surface area contributed by atoms with Crippen molar-refractivity contribution in [2.75, 3.05) is 13.3 Å². The first-order valence-electron chi connectivity index (χ1n) is 5.78. The smallest absolute Gasteiger partial charge is 0.248 e. The minimum atomic E-state index is -1.47. The van der Waals surface area contributed by atoms with Gasteiger partial charge in [0.05, 0.1) is 5.71 Å². The van der Waals surface area contributed by atoms with Crippen molar-refractivity contribution in [2.45, 2.75) is 24.3 Å². The van der Waals surface area contributed by atoms with Crippen molar-refractivity contribution < 1.29 is 10.0 Å². The number of thioether (sulfide) groups is 1. The molecule has 0 heterocycles. The van der Waals surface area contributed by atoms with Crippen LogP contribution in [0, 0.1) is 12.3 Å². The number of aryl methyl sites for hydroxylation is 1. The molecule has 0 saturated carbocycles. The first-order chi connectivity index (χ1) is 8.90. The highest BCUT2D eigenvalue weighted by atomic mass is 32.2. The van der Waals surface area contributed by atoms with Gasteiger partial charge >= 0.3 is 0 Å². The van der Waals surface area contributed by atoms with E-state index < -0.39 is 11.4 Å². The minimum absolute atomic E-state index is 0.0186. The van der Waals surface area contributed by atoms with E-state index in [-0.39, 0.29) is 5.71 Å². The van der Waals surface area contributed by atoms with Gasteiger partial charge in [0.15, 0.2) is 5.54 Å². The van der Waals surface area contributed by atoms with Crippen LogP contribution in [0.4, 0.5) is 0 Å². The summed E-state index contributed by atoms with van der Waals surface area (Å²) in [6.07, 6.45) is 1.98. The van der Waals surface area contributed by atoms with Crippen molar-refractivity contribution in [3.63, 3.8) is 0 Å². The number of nitrogens with one attached hydrogen (secondary N) is 3. The Morgan fingerprint density at radius 2 is 2.11 bits per heavy atom. The van der Waals surface area contributed by atoms with Crippen LogP contribution in [-0.4, -0.2) is 35.7 Å². The Hall–Kier alpha value is -1.37. The minimum Gasteiger partial charge on any atom is -0.357 e. The number of rotatable bonds is 5. The number of carbonyl (C=O) groups excluding carboxylic acids is 1. The highest BCUT2D eigenvalue weighted by Crippen LogP contribution is 2.23. The topological polar surface area (TPSA) is 85.2 Å². The molecule has 1 amide bonds. The van der Waals surface area contributed by atoms with E-state index in [1.165, 1.54) is 14.0 Å². The first kappa shape index (κ1) is 15.7. The van der Waals surface area contributed by atoms with Crippen LogP contribution < -0.4 is 10.8 Å². The monoisotopic (exact) mass is 281 g/mol. The van der Waals surface area contributed by atoms with Crippen LogP contribution in [0.25, 0.3) is 0 Å². The van der Waals surface area contributed by atoms with Gasteiger partial charge in [0.2, 0.25) is 5.91 Å². The number of amides is 1. The van der Waals surface area contributed by atoms with Gasteiger partial charge in [-0.2, -0.15) is 5.48 Å². The van der Waals surface area contributed by atoms with Crippen molar-refractivity contribution in [1.82, 2.24) is 10.8 Å². The van der Waals surface area contributed by atoms with Gasteiger partial charge in [-0.1, -0.05) is 6.07 Å². The van der Waals surface area contributed by atoms with E-state index in [1.54, 1.807) is 17.8 Å². The molecule has 0 aromatic heterocycles. The van der Waals surface area contributed by atoms with Gasteiger partial charge in [0, 0.05) is 11.9 Å². The summed E-state index contributed by atoms with van der Waals surface area (Å²) in [6, 6.07) is 5.53. The number of benzene rings is 1. The summed E-state index contributed by atoms with van der Waals surface area (Å²) in [6.45, 7) is 3.41. The lowest BCUT2D eigenvalue weighted by Crippen LogP contribution is -2.58. The fourth-order valence-corrected chi connectivity index (χ4v) is 2.38. The van der Waals surface area contributed by atoms with Gasteiger partial charge in [0.1, 0.15) is 0 Å². The van der Waals surface area contributed by atoms with Crippen LogP contribution in [0.5, 0.6) is 0 Å². The second kappa shape index (κ2) is 6.18. The molecule has 104 valence electrons. The molecule has 1 atom stereocenters. The van der Waals surface area contributed by atoms with E-state index in [9.17, 15) is 10.0 Å². The Kier molecular flexibility index (Phi) is 5.11. The number of hydroxylamine groups is 1. The van der Waals surface area contributed by atoms with Crippen LogP contribution in [0.15, 0.2) is 23.1 Å². The molecule has 6 heteroatoms. The zero-order valence-electron chi connectivity index (χ0n) is 11.5. The van der Waals surface area contributed by atoms with Crippen LogP contribution in [-0.2, 0) is 4.79 Å². The molecule has 5 nitrogen and oxygen atoms in total. The largest absolute Gasteiger partial charge is 0.357 e. The molecule has 1 unspecified atom stereocenters. The molecule has 0 aliphatic carbocycles. The lowest BCUT2D eigenvalue weighted by atomic mass is 9.89. The fourth-order valence-electron chi connectivity index (χ4n) is 1.79. The van der Waals surface area contributed by atoms with E-state index >= 15 is 0 Å². The van der Waals surface area contributed by atoms with Crippen molar-refractivity contribution >= 4 is 23.4 Å². The van der Waals surface area contributed by atoms with Crippen LogP contribution in [0.1, 0.15) is 18.1 Å². The Labute approximate surface area is 117 Å². The zero-order valence-corrected chi connectivity index (χ0v) is 12.3. The second-order valence-corrected chi connectivity index (χ2v) is 5.22. The maximum absolute atomic E-state index is 11.8. The van der Waals surface area contributed by atoms with Gasteiger partial charge in [-0.25, -0.2) is 0 Å². The Balaban J connectivity index is 3.18. The summed E-state index contributed by atoms with van der Waals surface area (Å²) >= 11 is 1.63. The maximum atomic E-state index is 11.8. The fraction of sp³-hybridized carbons (Fsp3) is 0.385. The summed E-state index contributed by atoms with van der Waals surface area (Å²) in [5.41, 5.74) is 2.12. The predicted octanol–water partition coefficient (Wildman–Crippen LogP) is 1.57. The van der Waals surface area contributed by atoms with Gasteiger partial charge < -0.3 is 15.9 Å². The molecule has 0 fully saturated rings. The quantitative estimate of drug-likeness (QED) is 0.375. The SMILES string of the molecule is CNC(=O)C(C)(NO)C(=N)c1ccc(SC)c(C)c1. The van der Waals surface area contributed by atoms with Crippen molar-refractivity contribution in [3.8, 4) is 0 Å². The molecule has 4 N–H and O–H groups in total. The van der Waals surface area contributed by atoms with Crippen molar-refractivity contribution in [2.24, 2.45) is 0 Å². The molecule has 19 heavy (non-hydrogen) atoms. The number of likely N-dealkylation sites (N-methyl/N-ethyl adjacent to an activating group) is 1. The second-order valence-electron chi connectivity index (χ2n) is 4.38. The third-order valence-electron chi connectivity index (χ3n) is 3.09. The van der Waals surface area contributed by atoms with Gasteiger partial charge in [-0.15, -0.1) is 11.8 Å². The molecule has 0 radical (unpaired) electrons. The van der Waals surface area contributed by atoms with Crippen LogP contribution >= 0.6 is 11.8 Å². The Morgan fingerprint density at radius 3 is 2.53 bits per heavy atom. The summed E-state index contributed by atoms with van der Waals surface area (Å²) in [5.74, 6) is -0.466. The molecule has 1 aromatic carbocycles. The number of carbonyl (C=O) groups is 1. The predicted molar refractivity (Wildman–Crippen MR) is 77.2 cm³/mol. The average molecular weight is 281 g/mol. The third kappa shape index (κ3) is 2.97. The van der Waals surface area contributed by atoms with Crippen LogP contribution in [0.2, 0.25) is 0 Å². The van der Waals surface area contributed by atoms with Gasteiger partial charge in [0.25, 0.3) is 0 Å². The van der Waals surface area contributed by atoms with E-state index in [0.29, 0.717) is 5.56 Å². The lowest BCUT2D eigenvalue weighted by Gasteiger charge is -2.27. The highest BCUT2D eigenvalue weighted by Gasteiger charge is 2.37. The van der Waals surface area contributed by atoms with Gasteiger partial charge in [-0.3, -0.25) is 4.79 Å². The molecule has 0 aliphatic rings. The molecule has 1 aromatic rings. The molecule has 0 aliphatic heterocycles. The zero-order chi connectivity index (χ0) is 14.6. The number of hydrogen-bond donors (Lipinski definition) is 4. The van der Waals surface area contributed by atoms with Crippen molar-refractivity contribution in [1.29, 1.82) is 5.41 Å². The molecular weight excluding hydrogens is 262 g/mol. The Morgan fingerprint density at radius 1 is 1.47 bits per heavy atom. The highest BCUT2D eigenvalue weighted by molar-refractivity contribution is 7.98. The summed E-state index contributed by atoms with van der Waals surface area (Å²) < 4.78 is 0. The normalized spacial score (nSPS) is 13.7. The molecule has 1 rings (SSSR count). The first-order valence-corrected chi connectivity index (χ1v) is 7.00. The molecule has 0 spiro atoms. The lowest BCUT2D eigenvalue weighted by molar-refractivity contribution is -0.127. The van der Waals surface area contributed by atoms with Gasteiger partial charge in [-0.05, 0) is 43.4 Å². The summed E-state index contributed by atoms with van der Waals surface area (Å²) in [7, 11) is 1.47. The molecule has 0 saturated heterocycles. The van der Waals surface area contributed by atoms with E-state index in [0.717, 1.165) is 10.5 Å². The third-order valence-corrected chi connectivity index (χ3v) is 3.99. The number of hydrogen-bond acceptors (Lipinski definition) is 5. The average Bonchev–Trinajstić information content (AvgIpc) is 2.44. The Bertz CT molecular complexity index is 505. The maximum Gasteiger partial charge on any atom is 0.248 e. The molecule has 0 bridgehead atoms. The summed E-state index contributed by atoms with van der Waals surface area (Å²) in [4.78, 5) is 12.9. The van der Waals surface area contributed by atoms with E-state index in [4.69, 9.17) is 5.41 Å². The van der Waals surface area contributed by atoms with E-state index in [1.807, 2.05) is 30.8 Å². The van der Waals surface area contributed by atoms with Crippen LogP contribution in [0.3, 0.4) is 0 Å². The summed E-state index contributed by atoms with van der Waals surface area (Å²) in [5, 5.41) is 19.8. The standard InChI is InChI=1S/C13H19N3O2S/c1-8-7-9(5-6-10(8)19-4)11(14)13(2,16-18)12(17)15-3/h5-7,14,16,18H,1-4H3,(H,15,17).